The third-order valence-corrected chi connectivity index (χ3v) is 2.51. The van der Waals surface area contributed by atoms with E-state index in [-0.39, 0.29) is 24.0 Å². The predicted molar refractivity (Wildman–Crippen MR) is 61.1 cm³/mol. The first-order valence-corrected chi connectivity index (χ1v) is 5.40. The summed E-state index contributed by atoms with van der Waals surface area (Å²) in [5, 5.41) is 11.8. The van der Waals surface area contributed by atoms with Crippen LogP contribution in [0.25, 0.3) is 0 Å². The molecule has 0 aliphatic rings. The summed E-state index contributed by atoms with van der Waals surface area (Å²) in [5.74, 6) is 0.0607. The SMILES string of the molecule is CC(C)(C)C(CCO)NC(=O)c1ccco1. The summed E-state index contributed by atoms with van der Waals surface area (Å²) >= 11 is 0. The van der Waals surface area contributed by atoms with E-state index < -0.39 is 0 Å². The van der Waals surface area contributed by atoms with Crippen molar-refractivity contribution in [1.29, 1.82) is 0 Å². The quantitative estimate of drug-likeness (QED) is 0.821. The monoisotopic (exact) mass is 225 g/mol. The molecule has 1 heterocycles. The molecule has 1 aromatic heterocycles. The molecule has 0 saturated heterocycles. The fourth-order valence-electron chi connectivity index (χ4n) is 1.49. The Hall–Kier alpha value is -1.29. The summed E-state index contributed by atoms with van der Waals surface area (Å²) in [4.78, 5) is 11.8. The normalized spacial score (nSPS) is 13.5. The molecule has 1 aromatic rings. The van der Waals surface area contributed by atoms with Crippen LogP contribution in [0.2, 0.25) is 0 Å². The molecular formula is C12H19NO3. The number of hydrogen-bond donors (Lipinski definition) is 2. The van der Waals surface area contributed by atoms with E-state index in [1.807, 2.05) is 20.8 Å². The highest BCUT2D eigenvalue weighted by atomic mass is 16.3. The van der Waals surface area contributed by atoms with E-state index in [0.29, 0.717) is 12.2 Å². The Labute approximate surface area is 95.7 Å². The fraction of sp³-hybridized carbons (Fsp3) is 0.583. The Morgan fingerprint density at radius 1 is 1.56 bits per heavy atom. The average Bonchev–Trinajstić information content (AvgIpc) is 2.68. The lowest BCUT2D eigenvalue weighted by atomic mass is 9.85. The van der Waals surface area contributed by atoms with Crippen molar-refractivity contribution < 1.29 is 14.3 Å². The molecular weight excluding hydrogens is 206 g/mol. The van der Waals surface area contributed by atoms with E-state index in [0.717, 1.165) is 0 Å². The average molecular weight is 225 g/mol. The van der Waals surface area contributed by atoms with Crippen molar-refractivity contribution in [3.8, 4) is 0 Å². The van der Waals surface area contributed by atoms with E-state index in [1.54, 1.807) is 12.1 Å². The zero-order valence-electron chi connectivity index (χ0n) is 9.99. The topological polar surface area (TPSA) is 62.5 Å². The third-order valence-electron chi connectivity index (χ3n) is 2.51. The van der Waals surface area contributed by atoms with Gasteiger partial charge in [0.2, 0.25) is 0 Å². The molecule has 0 spiro atoms. The number of amides is 1. The number of carbonyl (C=O) groups is 1. The first-order valence-electron chi connectivity index (χ1n) is 5.40. The van der Waals surface area contributed by atoms with Crippen molar-refractivity contribution >= 4 is 5.91 Å². The summed E-state index contributed by atoms with van der Waals surface area (Å²) in [5.41, 5.74) is -0.0923. The number of aliphatic hydroxyl groups is 1. The van der Waals surface area contributed by atoms with Gasteiger partial charge in [0.15, 0.2) is 5.76 Å². The smallest absolute Gasteiger partial charge is 0.287 e. The maximum absolute atomic E-state index is 11.8. The van der Waals surface area contributed by atoms with Gasteiger partial charge in [-0.15, -0.1) is 0 Å². The zero-order chi connectivity index (χ0) is 12.2. The van der Waals surface area contributed by atoms with Crippen LogP contribution in [0.15, 0.2) is 22.8 Å². The van der Waals surface area contributed by atoms with Gasteiger partial charge in [-0.3, -0.25) is 4.79 Å². The van der Waals surface area contributed by atoms with Crippen LogP contribution in [0.5, 0.6) is 0 Å². The lowest BCUT2D eigenvalue weighted by Crippen LogP contribution is -2.44. The second kappa shape index (κ2) is 5.16. The van der Waals surface area contributed by atoms with Crippen LogP contribution in [0, 0.1) is 5.41 Å². The molecule has 0 radical (unpaired) electrons. The highest BCUT2D eigenvalue weighted by molar-refractivity contribution is 5.91. The molecule has 1 atom stereocenters. The van der Waals surface area contributed by atoms with Crippen molar-refractivity contribution in [2.45, 2.75) is 33.2 Å². The van der Waals surface area contributed by atoms with Crippen molar-refractivity contribution in [3.63, 3.8) is 0 Å². The predicted octanol–water partition coefficient (Wildman–Crippen LogP) is 1.81. The van der Waals surface area contributed by atoms with Crippen LogP contribution in [0.1, 0.15) is 37.7 Å². The van der Waals surface area contributed by atoms with Crippen LogP contribution in [-0.2, 0) is 0 Å². The van der Waals surface area contributed by atoms with Gasteiger partial charge >= 0.3 is 0 Å². The number of furan rings is 1. The highest BCUT2D eigenvalue weighted by Crippen LogP contribution is 2.22. The maximum atomic E-state index is 11.8. The molecule has 90 valence electrons. The highest BCUT2D eigenvalue weighted by Gasteiger charge is 2.26. The second-order valence-corrected chi connectivity index (χ2v) is 4.88. The van der Waals surface area contributed by atoms with Crippen LogP contribution in [0.3, 0.4) is 0 Å². The molecule has 2 N–H and O–H groups in total. The van der Waals surface area contributed by atoms with E-state index in [1.165, 1.54) is 6.26 Å². The Balaban J connectivity index is 2.66. The maximum Gasteiger partial charge on any atom is 0.287 e. The molecule has 16 heavy (non-hydrogen) atoms. The van der Waals surface area contributed by atoms with Crippen LogP contribution in [-0.4, -0.2) is 23.7 Å². The number of rotatable bonds is 4. The number of aliphatic hydroxyl groups excluding tert-OH is 1. The fourth-order valence-corrected chi connectivity index (χ4v) is 1.49. The minimum absolute atomic E-state index is 0.0559. The first kappa shape index (κ1) is 12.8. The molecule has 0 aromatic carbocycles. The zero-order valence-corrected chi connectivity index (χ0v) is 9.99. The summed E-state index contributed by atoms with van der Waals surface area (Å²) < 4.78 is 5.01. The summed E-state index contributed by atoms with van der Waals surface area (Å²) in [6.07, 6.45) is 2.00. The Bertz CT molecular complexity index is 325. The Morgan fingerprint density at radius 2 is 2.25 bits per heavy atom. The lowest BCUT2D eigenvalue weighted by molar-refractivity contribution is 0.0857. The van der Waals surface area contributed by atoms with E-state index in [9.17, 15) is 4.79 Å². The molecule has 0 bridgehead atoms. The van der Waals surface area contributed by atoms with Gasteiger partial charge in [0.1, 0.15) is 0 Å². The third kappa shape index (κ3) is 3.38. The van der Waals surface area contributed by atoms with Gasteiger partial charge in [0.25, 0.3) is 5.91 Å². The lowest BCUT2D eigenvalue weighted by Gasteiger charge is -2.30. The molecule has 1 unspecified atom stereocenters. The molecule has 0 aliphatic carbocycles. The second-order valence-electron chi connectivity index (χ2n) is 4.88. The van der Waals surface area contributed by atoms with Crippen molar-refractivity contribution in [1.82, 2.24) is 5.32 Å². The van der Waals surface area contributed by atoms with Crippen LogP contribution >= 0.6 is 0 Å². The molecule has 0 fully saturated rings. The van der Waals surface area contributed by atoms with Crippen LogP contribution in [0.4, 0.5) is 0 Å². The van der Waals surface area contributed by atoms with Gasteiger partial charge in [-0.1, -0.05) is 20.8 Å². The standard InChI is InChI=1S/C12H19NO3/c1-12(2,3)10(6-7-14)13-11(15)9-5-4-8-16-9/h4-5,8,10,14H,6-7H2,1-3H3,(H,13,15). The number of hydrogen-bond acceptors (Lipinski definition) is 3. The Morgan fingerprint density at radius 3 is 2.69 bits per heavy atom. The van der Waals surface area contributed by atoms with Gasteiger partial charge in [0, 0.05) is 12.6 Å². The molecule has 0 saturated carbocycles. The van der Waals surface area contributed by atoms with E-state index in [2.05, 4.69) is 5.32 Å². The summed E-state index contributed by atoms with van der Waals surface area (Å²) in [6, 6.07) is 3.22. The van der Waals surface area contributed by atoms with Crippen molar-refractivity contribution in [2.75, 3.05) is 6.61 Å². The minimum Gasteiger partial charge on any atom is -0.459 e. The summed E-state index contributed by atoms with van der Waals surface area (Å²) in [6.45, 7) is 6.13. The molecule has 4 heteroatoms. The minimum atomic E-state index is -0.238. The van der Waals surface area contributed by atoms with Crippen molar-refractivity contribution in [2.24, 2.45) is 5.41 Å². The van der Waals surface area contributed by atoms with Gasteiger partial charge in [-0.2, -0.15) is 0 Å². The molecule has 4 nitrogen and oxygen atoms in total. The van der Waals surface area contributed by atoms with Gasteiger partial charge in [0.05, 0.1) is 6.26 Å². The molecule has 1 rings (SSSR count). The largest absolute Gasteiger partial charge is 0.459 e. The number of carbonyl (C=O) groups excluding carboxylic acids is 1. The van der Waals surface area contributed by atoms with E-state index in [4.69, 9.17) is 9.52 Å². The van der Waals surface area contributed by atoms with Gasteiger partial charge < -0.3 is 14.8 Å². The first-order chi connectivity index (χ1) is 7.45. The van der Waals surface area contributed by atoms with Crippen molar-refractivity contribution in [3.05, 3.63) is 24.2 Å². The molecule has 0 aliphatic heterocycles. The van der Waals surface area contributed by atoms with Gasteiger partial charge in [-0.25, -0.2) is 0 Å². The van der Waals surface area contributed by atoms with Gasteiger partial charge in [-0.05, 0) is 24.0 Å². The Kier molecular flexibility index (Phi) is 4.12. The van der Waals surface area contributed by atoms with Crippen LogP contribution < -0.4 is 5.32 Å². The summed E-state index contributed by atoms with van der Waals surface area (Å²) in [7, 11) is 0. The number of nitrogens with one attached hydrogen (secondary N) is 1. The van der Waals surface area contributed by atoms with E-state index >= 15 is 0 Å². The molecule has 1 amide bonds.